The Bertz CT molecular complexity index is 957. The molecule has 27 heavy (non-hydrogen) atoms. The second-order valence-electron chi connectivity index (χ2n) is 6.16. The number of carbonyl (C=O) groups excluding carboxylic acids is 2. The van der Waals surface area contributed by atoms with E-state index in [-0.39, 0.29) is 11.8 Å². The highest BCUT2D eigenvalue weighted by Gasteiger charge is 2.17. The fourth-order valence-electron chi connectivity index (χ4n) is 2.74. The van der Waals surface area contributed by atoms with Crippen molar-refractivity contribution in [2.75, 3.05) is 12.4 Å². The number of para-hydroxylation sites is 1. The van der Waals surface area contributed by atoms with Gasteiger partial charge in [0, 0.05) is 24.2 Å². The van der Waals surface area contributed by atoms with Crippen LogP contribution in [0.1, 0.15) is 26.3 Å². The highest BCUT2D eigenvalue weighted by molar-refractivity contribution is 6.31. The first-order chi connectivity index (χ1) is 13.0. The smallest absolute Gasteiger partial charge is 0.256 e. The third-order valence-electron chi connectivity index (χ3n) is 4.10. The van der Waals surface area contributed by atoms with E-state index in [1.807, 2.05) is 30.3 Å². The Kier molecular flexibility index (Phi) is 5.89. The van der Waals surface area contributed by atoms with Crippen LogP contribution in [-0.4, -0.2) is 23.8 Å². The molecule has 3 rings (SSSR count). The van der Waals surface area contributed by atoms with Crippen molar-refractivity contribution in [1.29, 1.82) is 0 Å². The van der Waals surface area contributed by atoms with Crippen LogP contribution in [-0.2, 0) is 6.54 Å². The lowest BCUT2D eigenvalue weighted by Crippen LogP contribution is -2.27. The quantitative estimate of drug-likeness (QED) is 0.688. The standard InChI is InChI=1S/C22H19ClN2O2/c1-25(15-16-8-3-2-4-9-16)22(27)19-12-5-6-13-20(19)24-21(26)17-10-7-11-18(23)14-17/h2-14H,15H2,1H3,(H,24,26). The molecule has 0 heterocycles. The van der Waals surface area contributed by atoms with E-state index >= 15 is 0 Å². The van der Waals surface area contributed by atoms with Gasteiger partial charge in [-0.25, -0.2) is 0 Å². The molecule has 0 spiro atoms. The molecule has 0 aliphatic heterocycles. The van der Waals surface area contributed by atoms with E-state index in [1.54, 1.807) is 60.5 Å². The summed E-state index contributed by atoms with van der Waals surface area (Å²) in [5, 5.41) is 3.29. The van der Waals surface area contributed by atoms with Crippen molar-refractivity contribution in [1.82, 2.24) is 4.90 Å². The average molecular weight is 379 g/mol. The van der Waals surface area contributed by atoms with Crippen LogP contribution in [0.15, 0.2) is 78.9 Å². The fourth-order valence-corrected chi connectivity index (χ4v) is 2.93. The molecule has 136 valence electrons. The maximum Gasteiger partial charge on any atom is 0.256 e. The molecule has 0 saturated heterocycles. The molecule has 0 aliphatic carbocycles. The van der Waals surface area contributed by atoms with E-state index < -0.39 is 0 Å². The molecule has 1 N–H and O–H groups in total. The molecule has 0 unspecified atom stereocenters. The zero-order chi connectivity index (χ0) is 19.2. The maximum absolute atomic E-state index is 12.9. The molecule has 3 aromatic carbocycles. The summed E-state index contributed by atoms with van der Waals surface area (Å²) >= 11 is 5.95. The second-order valence-corrected chi connectivity index (χ2v) is 6.59. The second kappa shape index (κ2) is 8.52. The molecular weight excluding hydrogens is 360 g/mol. The predicted molar refractivity (Wildman–Crippen MR) is 108 cm³/mol. The van der Waals surface area contributed by atoms with E-state index in [1.165, 1.54) is 0 Å². The number of halogens is 1. The number of anilines is 1. The largest absolute Gasteiger partial charge is 0.337 e. The summed E-state index contributed by atoms with van der Waals surface area (Å²) in [5.74, 6) is -0.482. The van der Waals surface area contributed by atoms with Crippen LogP contribution in [0.2, 0.25) is 5.02 Å². The Morgan fingerprint density at radius 1 is 0.926 bits per heavy atom. The molecule has 0 fully saturated rings. The van der Waals surface area contributed by atoms with Gasteiger partial charge in [-0.1, -0.05) is 60.1 Å². The summed E-state index contributed by atoms with van der Waals surface area (Å²) in [7, 11) is 1.74. The van der Waals surface area contributed by atoms with Crippen LogP contribution in [0.5, 0.6) is 0 Å². The summed E-state index contributed by atoms with van der Waals surface area (Å²) in [5.41, 5.74) is 2.37. The number of carbonyl (C=O) groups is 2. The van der Waals surface area contributed by atoms with Crippen LogP contribution in [0.3, 0.4) is 0 Å². The van der Waals surface area contributed by atoms with Crippen molar-refractivity contribution in [3.8, 4) is 0 Å². The van der Waals surface area contributed by atoms with Crippen molar-refractivity contribution in [3.63, 3.8) is 0 Å². The predicted octanol–water partition coefficient (Wildman–Crippen LogP) is 4.86. The molecule has 4 nitrogen and oxygen atoms in total. The Hall–Kier alpha value is -3.11. The fraction of sp³-hybridized carbons (Fsp3) is 0.0909. The lowest BCUT2D eigenvalue weighted by Gasteiger charge is -2.19. The van der Waals surface area contributed by atoms with Crippen LogP contribution in [0, 0.1) is 0 Å². The molecule has 0 radical (unpaired) electrons. The number of nitrogens with zero attached hydrogens (tertiary/aromatic N) is 1. The third kappa shape index (κ3) is 4.74. The van der Waals surface area contributed by atoms with Crippen LogP contribution in [0.25, 0.3) is 0 Å². The number of nitrogens with one attached hydrogen (secondary N) is 1. The highest BCUT2D eigenvalue weighted by Crippen LogP contribution is 2.20. The number of rotatable bonds is 5. The van der Waals surface area contributed by atoms with Gasteiger partial charge in [-0.3, -0.25) is 9.59 Å². The van der Waals surface area contributed by atoms with Crippen molar-refractivity contribution < 1.29 is 9.59 Å². The van der Waals surface area contributed by atoms with Crippen molar-refractivity contribution in [3.05, 3.63) is 101 Å². The monoisotopic (exact) mass is 378 g/mol. The molecular formula is C22H19ClN2O2. The minimum absolute atomic E-state index is 0.166. The molecule has 0 aromatic heterocycles. The van der Waals surface area contributed by atoms with Crippen LogP contribution >= 0.6 is 11.6 Å². The van der Waals surface area contributed by atoms with Gasteiger partial charge in [0.05, 0.1) is 11.3 Å². The first-order valence-corrected chi connectivity index (χ1v) is 8.88. The summed E-state index contributed by atoms with van der Waals surface area (Å²) < 4.78 is 0. The molecule has 5 heteroatoms. The summed E-state index contributed by atoms with van der Waals surface area (Å²) in [6.45, 7) is 0.482. The van der Waals surface area contributed by atoms with Gasteiger partial charge >= 0.3 is 0 Å². The van der Waals surface area contributed by atoms with Crippen LogP contribution < -0.4 is 5.32 Å². The van der Waals surface area contributed by atoms with Gasteiger partial charge in [0.2, 0.25) is 0 Å². The molecule has 0 aliphatic rings. The molecule has 2 amide bonds. The number of hydrogen-bond acceptors (Lipinski definition) is 2. The zero-order valence-electron chi connectivity index (χ0n) is 14.9. The van der Waals surface area contributed by atoms with Gasteiger partial charge in [0.1, 0.15) is 0 Å². The first-order valence-electron chi connectivity index (χ1n) is 8.50. The van der Waals surface area contributed by atoms with Crippen LogP contribution in [0.4, 0.5) is 5.69 Å². The maximum atomic E-state index is 12.9. The van der Waals surface area contributed by atoms with Crippen molar-refractivity contribution >= 4 is 29.1 Å². The van der Waals surface area contributed by atoms with Gasteiger partial charge < -0.3 is 10.2 Å². The van der Waals surface area contributed by atoms with E-state index in [9.17, 15) is 9.59 Å². The van der Waals surface area contributed by atoms with Crippen molar-refractivity contribution in [2.45, 2.75) is 6.54 Å². The summed E-state index contributed by atoms with van der Waals surface area (Å²) in [6, 6.07) is 23.4. The lowest BCUT2D eigenvalue weighted by molar-refractivity contribution is 0.0786. The van der Waals surface area contributed by atoms with Gasteiger partial charge in [0.25, 0.3) is 11.8 Å². The van der Waals surface area contributed by atoms with Crippen molar-refractivity contribution in [2.24, 2.45) is 0 Å². The Labute approximate surface area is 163 Å². The Balaban J connectivity index is 1.79. The Morgan fingerprint density at radius 2 is 1.63 bits per heavy atom. The summed E-state index contributed by atoms with van der Waals surface area (Å²) in [4.78, 5) is 27.0. The summed E-state index contributed by atoms with van der Waals surface area (Å²) in [6.07, 6.45) is 0. The molecule has 3 aromatic rings. The van der Waals surface area contributed by atoms with E-state index in [0.29, 0.717) is 28.4 Å². The topological polar surface area (TPSA) is 49.4 Å². The SMILES string of the molecule is CN(Cc1ccccc1)C(=O)c1ccccc1NC(=O)c1cccc(Cl)c1. The van der Waals surface area contributed by atoms with E-state index in [0.717, 1.165) is 5.56 Å². The highest BCUT2D eigenvalue weighted by atomic mass is 35.5. The molecule has 0 bridgehead atoms. The Morgan fingerprint density at radius 3 is 2.37 bits per heavy atom. The normalized spacial score (nSPS) is 10.3. The van der Waals surface area contributed by atoms with Gasteiger partial charge in [-0.15, -0.1) is 0 Å². The third-order valence-corrected chi connectivity index (χ3v) is 4.34. The average Bonchev–Trinajstić information content (AvgIpc) is 2.68. The van der Waals surface area contributed by atoms with Gasteiger partial charge in [-0.2, -0.15) is 0 Å². The minimum atomic E-state index is -0.316. The molecule has 0 atom stereocenters. The van der Waals surface area contributed by atoms with Gasteiger partial charge in [0.15, 0.2) is 0 Å². The number of amides is 2. The van der Waals surface area contributed by atoms with E-state index in [2.05, 4.69) is 5.32 Å². The minimum Gasteiger partial charge on any atom is -0.337 e. The van der Waals surface area contributed by atoms with E-state index in [4.69, 9.17) is 11.6 Å². The van der Waals surface area contributed by atoms with Gasteiger partial charge in [-0.05, 0) is 35.9 Å². The first kappa shape index (κ1) is 18.7. The number of hydrogen-bond donors (Lipinski definition) is 1. The zero-order valence-corrected chi connectivity index (χ0v) is 15.6. The lowest BCUT2D eigenvalue weighted by atomic mass is 10.1. The molecule has 0 saturated carbocycles. The number of benzene rings is 3.